The van der Waals surface area contributed by atoms with Crippen LogP contribution in [0.4, 0.5) is 0 Å². The van der Waals surface area contributed by atoms with Gasteiger partial charge in [-0.3, -0.25) is 4.79 Å². The van der Waals surface area contributed by atoms with Gasteiger partial charge >= 0.3 is 5.97 Å². The highest BCUT2D eigenvalue weighted by Gasteiger charge is 2.22. The van der Waals surface area contributed by atoms with Gasteiger partial charge in [0, 0.05) is 18.4 Å². The first kappa shape index (κ1) is 20.3. The molecule has 0 radical (unpaired) electrons. The van der Waals surface area contributed by atoms with E-state index in [1.807, 2.05) is 50.2 Å². The quantitative estimate of drug-likeness (QED) is 0.599. The van der Waals surface area contributed by atoms with Crippen molar-refractivity contribution in [3.63, 3.8) is 0 Å². The predicted molar refractivity (Wildman–Crippen MR) is 109 cm³/mol. The highest BCUT2D eigenvalue weighted by Crippen LogP contribution is 2.21. The summed E-state index contributed by atoms with van der Waals surface area (Å²) in [5.41, 5.74) is 3.43. The van der Waals surface area contributed by atoms with Crippen molar-refractivity contribution >= 4 is 11.9 Å². The lowest BCUT2D eigenvalue weighted by molar-refractivity contribution is -0.142. The van der Waals surface area contributed by atoms with Crippen LogP contribution in [0.3, 0.4) is 0 Å². The van der Waals surface area contributed by atoms with Crippen molar-refractivity contribution in [2.45, 2.75) is 39.2 Å². The van der Waals surface area contributed by atoms with Gasteiger partial charge in [-0.2, -0.15) is 0 Å². The zero-order valence-electron chi connectivity index (χ0n) is 16.5. The van der Waals surface area contributed by atoms with Crippen molar-refractivity contribution in [1.82, 2.24) is 10.3 Å². The summed E-state index contributed by atoms with van der Waals surface area (Å²) in [5.74, 6) is -0.151. The smallest absolute Gasteiger partial charge is 0.330 e. The van der Waals surface area contributed by atoms with E-state index >= 15 is 0 Å². The molecule has 6 nitrogen and oxygen atoms in total. The number of carboxylic acid groups (broad SMARTS) is 1. The fourth-order valence-electron chi connectivity index (χ4n) is 3.26. The summed E-state index contributed by atoms with van der Waals surface area (Å²) in [6.45, 7) is 3.80. The molecule has 2 N–H and O–H groups in total. The van der Waals surface area contributed by atoms with Gasteiger partial charge in [-0.05, 0) is 25.8 Å². The number of aromatic nitrogens is 1. The van der Waals surface area contributed by atoms with Crippen LogP contribution in [0, 0.1) is 13.8 Å². The van der Waals surface area contributed by atoms with Gasteiger partial charge in [0.15, 0.2) is 17.7 Å². The maximum Gasteiger partial charge on any atom is 0.330 e. The highest BCUT2D eigenvalue weighted by molar-refractivity contribution is 5.84. The van der Waals surface area contributed by atoms with Gasteiger partial charge in [0.1, 0.15) is 0 Å². The molecule has 1 aromatic heterocycles. The molecule has 3 aromatic rings. The number of hydrogen-bond donors (Lipinski definition) is 2. The largest absolute Gasteiger partial charge is 0.479 e. The molecule has 0 aliphatic carbocycles. The Kier molecular flexibility index (Phi) is 6.44. The average molecular weight is 392 g/mol. The number of aryl methyl sites for hydroxylation is 3. The van der Waals surface area contributed by atoms with E-state index in [-0.39, 0.29) is 12.3 Å². The number of rotatable bonds is 8. The highest BCUT2D eigenvalue weighted by atomic mass is 16.4. The molecule has 29 heavy (non-hydrogen) atoms. The standard InChI is InChI=1S/C23H24N2O4/c1-15-11-16(2)13-18(12-15)22(23(27)28)25-20(26)9-6-10-21-24-14-19(29-21)17-7-4-3-5-8-17/h3-5,7-8,11-14,22H,6,9-10H2,1-2H3,(H,25,26)(H,27,28). The molecule has 1 unspecified atom stereocenters. The van der Waals surface area contributed by atoms with Crippen LogP contribution in [0.15, 0.2) is 59.1 Å². The lowest BCUT2D eigenvalue weighted by Gasteiger charge is -2.16. The number of nitrogens with one attached hydrogen (secondary N) is 1. The van der Waals surface area contributed by atoms with Gasteiger partial charge in [0.2, 0.25) is 5.91 Å². The lowest BCUT2D eigenvalue weighted by atomic mass is 10.0. The summed E-state index contributed by atoms with van der Waals surface area (Å²) in [6, 6.07) is 14.1. The second-order valence-electron chi connectivity index (χ2n) is 7.10. The van der Waals surface area contributed by atoms with Gasteiger partial charge < -0.3 is 14.8 Å². The summed E-state index contributed by atoms with van der Waals surface area (Å²) in [5, 5.41) is 12.1. The zero-order valence-corrected chi connectivity index (χ0v) is 16.5. The molecule has 0 aliphatic heterocycles. The maximum absolute atomic E-state index is 12.3. The normalized spacial score (nSPS) is 11.8. The van der Waals surface area contributed by atoms with Crippen molar-refractivity contribution in [3.05, 3.63) is 77.3 Å². The Bertz CT molecular complexity index is 975. The van der Waals surface area contributed by atoms with Crippen molar-refractivity contribution in [1.29, 1.82) is 0 Å². The number of benzene rings is 2. The summed E-state index contributed by atoms with van der Waals surface area (Å²) >= 11 is 0. The summed E-state index contributed by atoms with van der Waals surface area (Å²) in [7, 11) is 0. The molecule has 0 saturated carbocycles. The van der Waals surface area contributed by atoms with Crippen LogP contribution in [-0.2, 0) is 16.0 Å². The van der Waals surface area contributed by atoms with Gasteiger partial charge in [0.25, 0.3) is 0 Å². The minimum absolute atomic E-state index is 0.192. The SMILES string of the molecule is Cc1cc(C)cc(C(NC(=O)CCCc2ncc(-c3ccccc3)o2)C(=O)O)c1. The number of carbonyl (C=O) groups excluding carboxylic acids is 1. The summed E-state index contributed by atoms with van der Waals surface area (Å²) in [4.78, 5) is 28.2. The minimum atomic E-state index is -1.08. The zero-order chi connectivity index (χ0) is 20.8. The average Bonchev–Trinajstić information content (AvgIpc) is 3.15. The molecule has 2 aromatic carbocycles. The predicted octanol–water partition coefficient (Wildman–Crippen LogP) is 4.22. The first-order valence-corrected chi connectivity index (χ1v) is 9.53. The first-order chi connectivity index (χ1) is 13.9. The van der Waals surface area contributed by atoms with Crippen LogP contribution < -0.4 is 5.32 Å². The molecule has 1 heterocycles. The van der Waals surface area contributed by atoms with E-state index in [9.17, 15) is 14.7 Å². The van der Waals surface area contributed by atoms with Gasteiger partial charge in [-0.25, -0.2) is 9.78 Å². The van der Waals surface area contributed by atoms with E-state index in [0.717, 1.165) is 16.7 Å². The molecular weight excluding hydrogens is 368 g/mol. The molecule has 0 spiro atoms. The monoisotopic (exact) mass is 392 g/mol. The summed E-state index contributed by atoms with van der Waals surface area (Å²) in [6.07, 6.45) is 2.88. The van der Waals surface area contributed by atoms with Crippen molar-refractivity contribution in [3.8, 4) is 11.3 Å². The van der Waals surface area contributed by atoms with E-state index in [1.165, 1.54) is 0 Å². The number of nitrogens with zero attached hydrogens (tertiary/aromatic N) is 1. The molecule has 0 bridgehead atoms. The fourth-order valence-corrected chi connectivity index (χ4v) is 3.26. The molecule has 0 fully saturated rings. The fraction of sp³-hybridized carbons (Fsp3) is 0.261. The molecule has 1 atom stereocenters. The summed E-state index contributed by atoms with van der Waals surface area (Å²) < 4.78 is 5.73. The topological polar surface area (TPSA) is 92.4 Å². The number of carboxylic acids is 1. The Labute approximate surface area is 169 Å². The Balaban J connectivity index is 1.55. The molecule has 0 aliphatic rings. The molecule has 1 amide bonds. The third kappa shape index (κ3) is 5.54. The first-order valence-electron chi connectivity index (χ1n) is 9.53. The van der Waals surface area contributed by atoms with Crippen LogP contribution in [-0.4, -0.2) is 22.0 Å². The van der Waals surface area contributed by atoms with E-state index < -0.39 is 12.0 Å². The number of carbonyl (C=O) groups is 2. The van der Waals surface area contributed by atoms with Gasteiger partial charge in [0.05, 0.1) is 6.20 Å². The molecule has 6 heteroatoms. The van der Waals surface area contributed by atoms with Crippen LogP contribution >= 0.6 is 0 Å². The van der Waals surface area contributed by atoms with Gasteiger partial charge in [-0.1, -0.05) is 59.7 Å². The maximum atomic E-state index is 12.3. The van der Waals surface area contributed by atoms with Crippen molar-refractivity contribution in [2.75, 3.05) is 0 Å². The number of oxazole rings is 1. The second kappa shape index (κ2) is 9.19. The van der Waals surface area contributed by atoms with Crippen molar-refractivity contribution < 1.29 is 19.1 Å². The van der Waals surface area contributed by atoms with Crippen LogP contribution in [0.1, 0.15) is 41.5 Å². The van der Waals surface area contributed by atoms with Gasteiger partial charge in [-0.15, -0.1) is 0 Å². The van der Waals surface area contributed by atoms with E-state index in [2.05, 4.69) is 10.3 Å². The molecule has 0 saturated heterocycles. The lowest BCUT2D eigenvalue weighted by Crippen LogP contribution is -2.33. The van der Waals surface area contributed by atoms with E-state index in [4.69, 9.17) is 4.42 Å². The Morgan fingerprint density at radius 3 is 2.45 bits per heavy atom. The molecule has 3 rings (SSSR count). The minimum Gasteiger partial charge on any atom is -0.479 e. The molecular formula is C23H24N2O4. The Morgan fingerprint density at radius 1 is 1.10 bits per heavy atom. The Morgan fingerprint density at radius 2 is 1.79 bits per heavy atom. The Hall–Kier alpha value is -3.41. The van der Waals surface area contributed by atoms with E-state index in [0.29, 0.717) is 30.1 Å². The third-order valence-corrected chi connectivity index (χ3v) is 4.54. The number of hydrogen-bond acceptors (Lipinski definition) is 4. The second-order valence-corrected chi connectivity index (χ2v) is 7.10. The third-order valence-electron chi connectivity index (χ3n) is 4.54. The van der Waals surface area contributed by atoms with Crippen LogP contribution in [0.2, 0.25) is 0 Å². The van der Waals surface area contributed by atoms with Crippen LogP contribution in [0.25, 0.3) is 11.3 Å². The number of amides is 1. The number of aliphatic carboxylic acids is 1. The van der Waals surface area contributed by atoms with E-state index in [1.54, 1.807) is 18.3 Å². The van der Waals surface area contributed by atoms with Crippen molar-refractivity contribution in [2.24, 2.45) is 0 Å². The molecule has 150 valence electrons. The van der Waals surface area contributed by atoms with Crippen LogP contribution in [0.5, 0.6) is 0 Å².